The lowest BCUT2D eigenvalue weighted by molar-refractivity contribution is 0.0476. The molecule has 1 amide bonds. The van der Waals surface area contributed by atoms with Crippen LogP contribution in [0.2, 0.25) is 0 Å². The lowest BCUT2D eigenvalue weighted by Crippen LogP contribution is -2.49. The van der Waals surface area contributed by atoms with Crippen LogP contribution in [0.1, 0.15) is 79.4 Å². The van der Waals surface area contributed by atoms with E-state index in [-0.39, 0.29) is 5.92 Å². The number of hydrogen-bond acceptors (Lipinski definition) is 6. The topological polar surface area (TPSA) is 114 Å². The summed E-state index contributed by atoms with van der Waals surface area (Å²) < 4.78 is 10.6. The van der Waals surface area contributed by atoms with Gasteiger partial charge in [0.2, 0.25) is 5.89 Å². The molecule has 166 valence electrons. The standard InChI is InChI=1S/C20H38N6O3/c1-9-21-17(22-12-10-11-15-24-16(14(2)3)26-29-15)23-13-20(7,8)25-18(27)28-19(4,5)6/h14H,9-13H2,1-8H3,(H,25,27)(H2,21,22,23). The first kappa shape index (κ1) is 24.7. The maximum atomic E-state index is 12.0. The Balaban J connectivity index is 2.48. The zero-order valence-corrected chi connectivity index (χ0v) is 19.2. The fraction of sp³-hybridized carbons (Fsp3) is 0.800. The number of rotatable bonds is 9. The lowest BCUT2D eigenvalue weighted by atomic mass is 10.1. The van der Waals surface area contributed by atoms with Gasteiger partial charge >= 0.3 is 6.09 Å². The molecule has 0 atom stereocenters. The third-order valence-electron chi connectivity index (χ3n) is 3.68. The van der Waals surface area contributed by atoms with Crippen LogP contribution in [0.5, 0.6) is 0 Å². The van der Waals surface area contributed by atoms with E-state index in [1.54, 1.807) is 0 Å². The molecule has 0 saturated heterocycles. The summed E-state index contributed by atoms with van der Waals surface area (Å²) in [5.74, 6) is 2.35. The first-order valence-electron chi connectivity index (χ1n) is 10.3. The third kappa shape index (κ3) is 10.7. The van der Waals surface area contributed by atoms with E-state index in [4.69, 9.17) is 9.26 Å². The summed E-state index contributed by atoms with van der Waals surface area (Å²) in [4.78, 5) is 21.0. The normalized spacial score (nSPS) is 12.8. The minimum Gasteiger partial charge on any atom is -0.444 e. The molecule has 0 aliphatic heterocycles. The second-order valence-electron chi connectivity index (χ2n) is 8.94. The summed E-state index contributed by atoms with van der Waals surface area (Å²) in [6.45, 7) is 17.3. The third-order valence-corrected chi connectivity index (χ3v) is 3.68. The number of ether oxygens (including phenoxy) is 1. The van der Waals surface area contributed by atoms with Crippen LogP contribution in [0.4, 0.5) is 4.79 Å². The zero-order chi connectivity index (χ0) is 22.1. The van der Waals surface area contributed by atoms with Gasteiger partial charge in [-0.2, -0.15) is 4.98 Å². The monoisotopic (exact) mass is 410 g/mol. The van der Waals surface area contributed by atoms with E-state index >= 15 is 0 Å². The lowest BCUT2D eigenvalue weighted by Gasteiger charge is -2.27. The highest BCUT2D eigenvalue weighted by atomic mass is 16.6. The number of carbonyl (C=O) groups is 1. The van der Waals surface area contributed by atoms with Crippen molar-refractivity contribution >= 4 is 12.1 Å². The largest absolute Gasteiger partial charge is 0.444 e. The fourth-order valence-corrected chi connectivity index (χ4v) is 2.29. The number of carbonyl (C=O) groups excluding carboxylic acids is 1. The second kappa shape index (κ2) is 11.0. The molecule has 0 aromatic carbocycles. The summed E-state index contributed by atoms with van der Waals surface area (Å²) in [7, 11) is 0. The van der Waals surface area contributed by atoms with E-state index in [1.807, 2.05) is 55.4 Å². The van der Waals surface area contributed by atoms with Crippen molar-refractivity contribution in [3.63, 3.8) is 0 Å². The fourth-order valence-electron chi connectivity index (χ4n) is 2.29. The molecule has 9 nitrogen and oxygen atoms in total. The Morgan fingerprint density at radius 2 is 1.90 bits per heavy atom. The molecule has 0 spiro atoms. The molecule has 1 aromatic heterocycles. The number of aromatic nitrogens is 2. The van der Waals surface area contributed by atoms with E-state index in [0.717, 1.165) is 18.8 Å². The molecule has 0 unspecified atom stereocenters. The van der Waals surface area contributed by atoms with Crippen molar-refractivity contribution in [3.05, 3.63) is 11.7 Å². The Bertz CT molecular complexity index is 661. The molecule has 0 bridgehead atoms. The highest BCUT2D eigenvalue weighted by Crippen LogP contribution is 2.11. The van der Waals surface area contributed by atoms with Crippen LogP contribution in [-0.2, 0) is 11.2 Å². The Labute approximate surface area is 174 Å². The van der Waals surface area contributed by atoms with Crippen molar-refractivity contribution in [3.8, 4) is 0 Å². The molecular weight excluding hydrogens is 372 g/mol. The maximum Gasteiger partial charge on any atom is 0.408 e. The molecule has 9 heteroatoms. The molecular formula is C20H38N6O3. The Hall–Kier alpha value is -2.32. The van der Waals surface area contributed by atoms with Gasteiger partial charge < -0.3 is 25.2 Å². The van der Waals surface area contributed by atoms with E-state index in [9.17, 15) is 4.79 Å². The van der Waals surface area contributed by atoms with Crippen molar-refractivity contribution in [2.24, 2.45) is 4.99 Å². The SMILES string of the molecule is CCNC(=NCC(C)(C)NC(=O)OC(C)(C)C)NCCCc1nc(C(C)C)no1. The van der Waals surface area contributed by atoms with Crippen molar-refractivity contribution in [2.75, 3.05) is 19.6 Å². The zero-order valence-electron chi connectivity index (χ0n) is 19.2. The molecule has 0 fully saturated rings. The van der Waals surface area contributed by atoms with Crippen molar-refractivity contribution in [1.29, 1.82) is 0 Å². The smallest absolute Gasteiger partial charge is 0.408 e. The molecule has 0 aliphatic carbocycles. The van der Waals surface area contributed by atoms with Crippen molar-refractivity contribution in [2.45, 2.75) is 85.3 Å². The summed E-state index contributed by atoms with van der Waals surface area (Å²) >= 11 is 0. The van der Waals surface area contributed by atoms with Crippen LogP contribution in [0.15, 0.2) is 9.52 Å². The minimum absolute atomic E-state index is 0.260. The predicted octanol–water partition coefficient (Wildman–Crippen LogP) is 2.98. The van der Waals surface area contributed by atoms with Crippen molar-refractivity contribution in [1.82, 2.24) is 26.1 Å². The first-order valence-corrected chi connectivity index (χ1v) is 10.3. The number of nitrogens with one attached hydrogen (secondary N) is 3. The van der Waals surface area contributed by atoms with Gasteiger partial charge in [-0.25, -0.2) is 4.79 Å². The molecule has 1 rings (SSSR count). The molecule has 29 heavy (non-hydrogen) atoms. The molecule has 0 saturated carbocycles. The number of aryl methyl sites for hydroxylation is 1. The average molecular weight is 411 g/mol. The molecule has 1 aromatic rings. The summed E-state index contributed by atoms with van der Waals surface area (Å²) in [5, 5.41) is 13.3. The van der Waals surface area contributed by atoms with Gasteiger partial charge in [-0.05, 0) is 48.0 Å². The Kier molecular flexibility index (Phi) is 9.39. The predicted molar refractivity (Wildman–Crippen MR) is 114 cm³/mol. The van der Waals surface area contributed by atoms with Gasteiger partial charge in [-0.1, -0.05) is 19.0 Å². The van der Waals surface area contributed by atoms with Crippen LogP contribution < -0.4 is 16.0 Å². The van der Waals surface area contributed by atoms with Gasteiger partial charge in [0, 0.05) is 25.4 Å². The summed E-state index contributed by atoms with van der Waals surface area (Å²) in [6.07, 6.45) is 1.10. The van der Waals surface area contributed by atoms with E-state index < -0.39 is 17.2 Å². The van der Waals surface area contributed by atoms with Gasteiger partial charge in [0.05, 0.1) is 12.1 Å². The Morgan fingerprint density at radius 1 is 1.21 bits per heavy atom. The maximum absolute atomic E-state index is 12.0. The van der Waals surface area contributed by atoms with Crippen LogP contribution in [0, 0.1) is 0 Å². The summed E-state index contributed by atoms with van der Waals surface area (Å²) in [6, 6.07) is 0. The number of alkyl carbamates (subject to hydrolysis) is 1. The van der Waals surface area contributed by atoms with Crippen LogP contribution in [-0.4, -0.2) is 53.0 Å². The number of amides is 1. The van der Waals surface area contributed by atoms with Gasteiger partial charge in [-0.15, -0.1) is 0 Å². The van der Waals surface area contributed by atoms with Gasteiger partial charge in [-0.3, -0.25) is 4.99 Å². The molecule has 1 heterocycles. The number of nitrogens with zero attached hydrogens (tertiary/aromatic N) is 3. The van der Waals surface area contributed by atoms with Crippen LogP contribution >= 0.6 is 0 Å². The molecule has 3 N–H and O–H groups in total. The second-order valence-corrected chi connectivity index (χ2v) is 8.94. The van der Waals surface area contributed by atoms with Crippen LogP contribution in [0.3, 0.4) is 0 Å². The average Bonchev–Trinajstić information content (AvgIpc) is 3.03. The highest BCUT2D eigenvalue weighted by Gasteiger charge is 2.24. The van der Waals surface area contributed by atoms with Gasteiger partial charge in [0.15, 0.2) is 11.8 Å². The van der Waals surface area contributed by atoms with Gasteiger partial charge in [0.25, 0.3) is 0 Å². The van der Waals surface area contributed by atoms with E-state index in [2.05, 4.69) is 31.1 Å². The summed E-state index contributed by atoms with van der Waals surface area (Å²) in [5.41, 5.74) is -1.07. The van der Waals surface area contributed by atoms with E-state index in [0.29, 0.717) is 31.4 Å². The first-order chi connectivity index (χ1) is 13.4. The number of hydrogen-bond donors (Lipinski definition) is 3. The molecule has 0 aliphatic rings. The number of aliphatic imine (C=N–C) groups is 1. The Morgan fingerprint density at radius 3 is 2.45 bits per heavy atom. The minimum atomic E-state index is -0.540. The quantitative estimate of drug-likeness (QED) is 0.326. The number of guanidine groups is 1. The highest BCUT2D eigenvalue weighted by molar-refractivity contribution is 5.79. The van der Waals surface area contributed by atoms with Crippen molar-refractivity contribution < 1.29 is 14.1 Å². The molecule has 0 radical (unpaired) electrons. The van der Waals surface area contributed by atoms with Gasteiger partial charge in [0.1, 0.15) is 5.60 Å². The van der Waals surface area contributed by atoms with Crippen LogP contribution in [0.25, 0.3) is 0 Å². The van der Waals surface area contributed by atoms with E-state index in [1.165, 1.54) is 0 Å².